The molecular weight excluding hydrogens is 395 g/mol. The summed E-state index contributed by atoms with van der Waals surface area (Å²) < 4.78 is 0. The SMILES string of the molecule is CCCCCCCCCCCCSC(=O)CCC.[CH3][SnH]([CH3])[CH3]. The third-order valence-electron chi connectivity index (χ3n) is 3.22. The van der Waals surface area contributed by atoms with Crippen molar-refractivity contribution in [2.45, 2.75) is 106 Å². The van der Waals surface area contributed by atoms with Crippen LogP contribution in [-0.4, -0.2) is 30.6 Å². The zero-order chi connectivity index (χ0) is 17.1. The van der Waals surface area contributed by atoms with Crippen LogP contribution < -0.4 is 0 Å². The zero-order valence-electron chi connectivity index (χ0n) is 16.1. The van der Waals surface area contributed by atoms with Crippen molar-refractivity contribution in [3.8, 4) is 0 Å². The molecule has 0 heterocycles. The van der Waals surface area contributed by atoms with Crippen LogP contribution in [0.1, 0.15) is 90.9 Å². The normalized spacial score (nSPS) is 10.5. The molecule has 0 bridgehead atoms. The van der Waals surface area contributed by atoms with Crippen molar-refractivity contribution >= 4 is 36.6 Å². The van der Waals surface area contributed by atoms with Crippen LogP contribution in [0.3, 0.4) is 0 Å². The third kappa shape index (κ3) is 28.9. The van der Waals surface area contributed by atoms with Crippen molar-refractivity contribution in [2.24, 2.45) is 0 Å². The molecule has 3 heteroatoms. The van der Waals surface area contributed by atoms with E-state index in [-0.39, 0.29) is 0 Å². The van der Waals surface area contributed by atoms with Gasteiger partial charge in [-0.05, 0) is 12.8 Å². The number of carbonyl (C=O) groups is 1. The summed E-state index contributed by atoms with van der Waals surface area (Å²) in [5, 5.41) is 0.383. The second-order valence-electron chi connectivity index (χ2n) is 6.88. The van der Waals surface area contributed by atoms with Crippen molar-refractivity contribution in [3.63, 3.8) is 0 Å². The fourth-order valence-electron chi connectivity index (χ4n) is 2.05. The Labute approximate surface area is 152 Å². The van der Waals surface area contributed by atoms with Gasteiger partial charge >= 0.3 is 34.6 Å². The fraction of sp³-hybridized carbons (Fsp3) is 0.947. The summed E-state index contributed by atoms with van der Waals surface area (Å²) in [7, 11) is 0. The second kappa shape index (κ2) is 21.8. The molecule has 0 aromatic rings. The van der Waals surface area contributed by atoms with Gasteiger partial charge in [0.15, 0.2) is 5.12 Å². The summed E-state index contributed by atoms with van der Waals surface area (Å²) in [4.78, 5) is 18.4. The summed E-state index contributed by atoms with van der Waals surface area (Å²) in [6.45, 7) is 4.34. The van der Waals surface area contributed by atoms with Crippen LogP contribution in [-0.2, 0) is 4.79 Å². The van der Waals surface area contributed by atoms with Gasteiger partial charge in [-0.15, -0.1) is 0 Å². The Morgan fingerprint density at radius 3 is 1.55 bits per heavy atom. The van der Waals surface area contributed by atoms with E-state index < -0.39 is 19.8 Å². The monoisotopic (exact) mass is 438 g/mol. The van der Waals surface area contributed by atoms with Crippen LogP contribution in [0.15, 0.2) is 0 Å². The molecule has 1 nitrogen and oxygen atoms in total. The predicted octanol–water partition coefficient (Wildman–Crippen LogP) is 7.07. The molecule has 0 aromatic carbocycles. The van der Waals surface area contributed by atoms with Crippen LogP contribution in [0.5, 0.6) is 0 Å². The van der Waals surface area contributed by atoms with E-state index in [1.165, 1.54) is 76.0 Å². The van der Waals surface area contributed by atoms with Crippen molar-refractivity contribution in [1.82, 2.24) is 0 Å². The quantitative estimate of drug-likeness (QED) is 0.226. The first-order chi connectivity index (χ1) is 10.5. The Bertz CT molecular complexity index is 217. The molecule has 0 spiro atoms. The summed E-state index contributed by atoms with van der Waals surface area (Å²) in [6, 6.07) is 0. The molecule has 0 unspecified atom stereocenters. The minimum atomic E-state index is -0.637. The molecule has 134 valence electrons. The molecule has 0 aliphatic rings. The van der Waals surface area contributed by atoms with Gasteiger partial charge in [-0.2, -0.15) is 0 Å². The van der Waals surface area contributed by atoms with Gasteiger partial charge in [-0.25, -0.2) is 0 Å². The van der Waals surface area contributed by atoms with E-state index in [1.807, 2.05) is 0 Å². The molecular formula is C19H42OSSn. The van der Waals surface area contributed by atoms with Gasteiger partial charge in [0.1, 0.15) is 0 Å². The molecule has 0 aliphatic carbocycles. The van der Waals surface area contributed by atoms with E-state index in [0.29, 0.717) is 5.12 Å². The molecule has 0 aromatic heterocycles. The standard InChI is InChI=1S/C16H32OS.3CH3.Sn.H/c1-3-5-6-7-8-9-10-11-12-13-15-18-16(17)14-4-2;;;;;/h3-15H2,1-2H3;3*1H3;;. The number of thioether (sulfide) groups is 1. The Morgan fingerprint density at radius 2 is 1.14 bits per heavy atom. The maximum atomic E-state index is 11.3. The minimum absolute atomic E-state index is 0.383. The van der Waals surface area contributed by atoms with Crippen LogP contribution in [0.4, 0.5) is 0 Å². The Morgan fingerprint density at radius 1 is 0.727 bits per heavy atom. The van der Waals surface area contributed by atoms with Gasteiger partial charge in [0.25, 0.3) is 0 Å². The topological polar surface area (TPSA) is 17.1 Å². The molecule has 0 atom stereocenters. The fourth-order valence-corrected chi connectivity index (χ4v) is 2.98. The van der Waals surface area contributed by atoms with Crippen LogP contribution >= 0.6 is 11.8 Å². The molecule has 0 N–H and O–H groups in total. The third-order valence-corrected chi connectivity index (χ3v) is 4.23. The number of carbonyl (C=O) groups excluding carboxylic acids is 1. The molecule has 0 rings (SSSR count). The van der Waals surface area contributed by atoms with E-state index in [9.17, 15) is 4.79 Å². The number of hydrogen-bond acceptors (Lipinski definition) is 2. The van der Waals surface area contributed by atoms with E-state index in [0.717, 1.165) is 18.6 Å². The Hall–Kier alpha value is 0.819. The van der Waals surface area contributed by atoms with Crippen molar-refractivity contribution < 1.29 is 4.79 Å². The maximum absolute atomic E-state index is 11.3. The van der Waals surface area contributed by atoms with Gasteiger partial charge in [-0.3, -0.25) is 4.79 Å². The van der Waals surface area contributed by atoms with Crippen molar-refractivity contribution in [1.29, 1.82) is 0 Å². The molecule has 0 aliphatic heterocycles. The van der Waals surface area contributed by atoms with Crippen LogP contribution in [0, 0.1) is 0 Å². The van der Waals surface area contributed by atoms with Gasteiger partial charge < -0.3 is 0 Å². The van der Waals surface area contributed by atoms with Crippen LogP contribution in [0.25, 0.3) is 0 Å². The predicted molar refractivity (Wildman–Crippen MR) is 109 cm³/mol. The van der Waals surface area contributed by atoms with Crippen molar-refractivity contribution in [3.05, 3.63) is 0 Å². The Balaban J connectivity index is 0. The van der Waals surface area contributed by atoms with Gasteiger partial charge in [0.05, 0.1) is 0 Å². The first-order valence-corrected chi connectivity index (χ1v) is 20.6. The van der Waals surface area contributed by atoms with E-state index in [1.54, 1.807) is 0 Å². The summed E-state index contributed by atoms with van der Waals surface area (Å²) in [6.07, 6.45) is 15.4. The number of unbranched alkanes of at least 4 members (excludes halogenated alkanes) is 9. The van der Waals surface area contributed by atoms with Crippen LogP contribution in [0.2, 0.25) is 14.8 Å². The molecule has 0 saturated carbocycles. The van der Waals surface area contributed by atoms with Crippen molar-refractivity contribution in [2.75, 3.05) is 5.75 Å². The van der Waals surface area contributed by atoms with E-state index >= 15 is 0 Å². The first kappa shape index (κ1) is 25.1. The molecule has 0 saturated heterocycles. The van der Waals surface area contributed by atoms with E-state index in [4.69, 9.17) is 0 Å². The molecule has 22 heavy (non-hydrogen) atoms. The van der Waals surface area contributed by atoms with Gasteiger partial charge in [0, 0.05) is 12.2 Å². The second-order valence-corrected chi connectivity index (χ2v) is 17.9. The summed E-state index contributed by atoms with van der Waals surface area (Å²) in [5.74, 6) is 1.04. The average Bonchev–Trinajstić information content (AvgIpc) is 2.44. The summed E-state index contributed by atoms with van der Waals surface area (Å²) >= 11 is 0.903. The Kier molecular flexibility index (Phi) is 24.9. The average molecular weight is 437 g/mol. The van der Waals surface area contributed by atoms with Gasteiger partial charge in [-0.1, -0.05) is 83.4 Å². The molecule has 0 radical (unpaired) electrons. The zero-order valence-corrected chi connectivity index (χ0v) is 20.2. The number of rotatable bonds is 13. The molecule has 0 fully saturated rings. The first-order valence-electron chi connectivity index (χ1n) is 9.70. The summed E-state index contributed by atoms with van der Waals surface area (Å²) in [5.41, 5.74) is 0. The van der Waals surface area contributed by atoms with Gasteiger partial charge in [0.2, 0.25) is 0 Å². The number of hydrogen-bond donors (Lipinski definition) is 0. The van der Waals surface area contributed by atoms with E-state index in [2.05, 4.69) is 28.7 Å². The molecule has 0 amide bonds.